The molecule has 1 atom stereocenters. The van der Waals surface area contributed by atoms with Gasteiger partial charge in [0, 0.05) is 30.6 Å². The number of rotatable bonds is 4. The second kappa shape index (κ2) is 5.58. The highest BCUT2D eigenvalue weighted by molar-refractivity contribution is 7.99. The number of nitrogen functional groups attached to an aromatic ring is 1. The zero-order chi connectivity index (χ0) is 14.9. The first-order chi connectivity index (χ1) is 9.34. The van der Waals surface area contributed by atoms with Crippen LogP contribution in [0.2, 0.25) is 0 Å². The largest absolute Gasteiger partial charge is 0.399 e. The molecule has 0 saturated carbocycles. The maximum absolute atomic E-state index is 12.5. The predicted molar refractivity (Wildman–Crippen MR) is 78.2 cm³/mol. The summed E-state index contributed by atoms with van der Waals surface area (Å²) >= 11 is 1.67. The van der Waals surface area contributed by atoms with E-state index in [2.05, 4.69) is 0 Å². The molecule has 1 saturated heterocycles. The van der Waals surface area contributed by atoms with E-state index < -0.39 is 20.6 Å². The molecule has 1 aromatic rings. The fraction of sp³-hybridized carbons (Fsp3) is 0.455. The monoisotopic (exact) mass is 317 g/mol. The van der Waals surface area contributed by atoms with Crippen LogP contribution in [0.25, 0.3) is 0 Å². The van der Waals surface area contributed by atoms with Crippen molar-refractivity contribution in [2.45, 2.75) is 17.4 Å². The summed E-state index contributed by atoms with van der Waals surface area (Å²) in [7, 11) is -2.43. The number of hydrogen-bond donors (Lipinski definition) is 1. The van der Waals surface area contributed by atoms with Gasteiger partial charge in [0.15, 0.2) is 4.90 Å². The Bertz CT molecular complexity index is 627. The predicted octanol–water partition coefficient (Wildman–Crippen LogP) is 1.30. The van der Waals surface area contributed by atoms with Gasteiger partial charge >= 0.3 is 0 Å². The third-order valence-electron chi connectivity index (χ3n) is 3.26. The number of nitrogens with two attached hydrogens (primary N) is 1. The lowest BCUT2D eigenvalue weighted by atomic mass is 10.3. The summed E-state index contributed by atoms with van der Waals surface area (Å²) in [6, 6.07) is 3.50. The van der Waals surface area contributed by atoms with E-state index in [1.54, 1.807) is 11.8 Å². The van der Waals surface area contributed by atoms with E-state index in [1.165, 1.54) is 23.5 Å². The first-order valence-electron chi connectivity index (χ1n) is 5.93. The molecule has 9 heteroatoms. The van der Waals surface area contributed by atoms with Crippen LogP contribution in [-0.2, 0) is 10.0 Å². The molecule has 0 amide bonds. The van der Waals surface area contributed by atoms with Gasteiger partial charge < -0.3 is 5.73 Å². The SMILES string of the molecule is CN(C1CCSC1)S(=O)(=O)c1ccc(N)cc1[N+](=O)[O-]. The van der Waals surface area contributed by atoms with Gasteiger partial charge in [0.1, 0.15) is 0 Å². The van der Waals surface area contributed by atoms with Gasteiger partial charge in [-0.25, -0.2) is 8.42 Å². The topological polar surface area (TPSA) is 107 Å². The minimum atomic E-state index is -3.89. The summed E-state index contributed by atoms with van der Waals surface area (Å²) in [5.41, 5.74) is 5.17. The summed E-state index contributed by atoms with van der Waals surface area (Å²) in [6.45, 7) is 0. The number of benzene rings is 1. The van der Waals surface area contributed by atoms with Crippen molar-refractivity contribution in [3.63, 3.8) is 0 Å². The van der Waals surface area contributed by atoms with Crippen LogP contribution in [0.5, 0.6) is 0 Å². The number of hydrogen-bond acceptors (Lipinski definition) is 6. The number of sulfonamides is 1. The second-order valence-corrected chi connectivity index (χ2v) is 7.64. The Hall–Kier alpha value is -1.32. The number of anilines is 1. The fourth-order valence-corrected chi connectivity index (χ4v) is 4.94. The van der Waals surface area contributed by atoms with E-state index in [-0.39, 0.29) is 16.6 Å². The Kier molecular flexibility index (Phi) is 4.21. The lowest BCUT2D eigenvalue weighted by Gasteiger charge is -2.23. The summed E-state index contributed by atoms with van der Waals surface area (Å²) in [5.74, 6) is 1.60. The van der Waals surface area contributed by atoms with E-state index >= 15 is 0 Å². The van der Waals surface area contributed by atoms with Crippen LogP contribution in [-0.4, -0.2) is 42.2 Å². The number of nitro groups is 1. The average molecular weight is 317 g/mol. The van der Waals surface area contributed by atoms with Gasteiger partial charge in [-0.15, -0.1) is 0 Å². The van der Waals surface area contributed by atoms with E-state index in [4.69, 9.17) is 5.73 Å². The molecular formula is C11H15N3O4S2. The molecule has 1 aromatic carbocycles. The maximum atomic E-state index is 12.5. The van der Waals surface area contributed by atoms with Crippen LogP contribution in [0, 0.1) is 10.1 Å². The Morgan fingerprint density at radius 1 is 1.50 bits per heavy atom. The van der Waals surface area contributed by atoms with Gasteiger partial charge in [0.05, 0.1) is 4.92 Å². The van der Waals surface area contributed by atoms with Gasteiger partial charge in [-0.1, -0.05) is 0 Å². The minimum Gasteiger partial charge on any atom is -0.399 e. The molecule has 1 unspecified atom stereocenters. The third kappa shape index (κ3) is 2.74. The van der Waals surface area contributed by atoms with Crippen molar-refractivity contribution < 1.29 is 13.3 Å². The molecule has 1 fully saturated rings. The van der Waals surface area contributed by atoms with Crippen molar-refractivity contribution in [1.82, 2.24) is 4.31 Å². The van der Waals surface area contributed by atoms with E-state index in [0.29, 0.717) is 5.75 Å². The van der Waals surface area contributed by atoms with Crippen LogP contribution in [0.1, 0.15) is 6.42 Å². The maximum Gasteiger partial charge on any atom is 0.291 e. The van der Waals surface area contributed by atoms with Crippen molar-refractivity contribution >= 4 is 33.2 Å². The first kappa shape index (κ1) is 15.1. The van der Waals surface area contributed by atoms with Crippen LogP contribution in [0.15, 0.2) is 23.1 Å². The standard InChI is InChI=1S/C11H15N3O4S2/c1-13(9-4-5-19-7-9)20(17,18)11-3-2-8(12)6-10(11)14(15)16/h2-3,6,9H,4-5,7,12H2,1H3. The molecule has 2 rings (SSSR count). The summed E-state index contributed by atoms with van der Waals surface area (Å²) in [4.78, 5) is 10.00. The molecule has 0 aromatic heterocycles. The lowest BCUT2D eigenvalue weighted by Crippen LogP contribution is -2.37. The van der Waals surface area contributed by atoms with Gasteiger partial charge in [-0.3, -0.25) is 10.1 Å². The minimum absolute atomic E-state index is 0.123. The molecule has 1 aliphatic rings. The molecule has 110 valence electrons. The van der Waals surface area contributed by atoms with E-state index in [1.807, 2.05) is 0 Å². The molecule has 1 heterocycles. The number of nitro benzene ring substituents is 1. The zero-order valence-corrected chi connectivity index (χ0v) is 12.5. The molecule has 0 spiro atoms. The Labute approximate surface area is 121 Å². The zero-order valence-electron chi connectivity index (χ0n) is 10.9. The molecule has 7 nitrogen and oxygen atoms in total. The molecule has 0 bridgehead atoms. The van der Waals surface area contributed by atoms with Crippen LogP contribution in [0.3, 0.4) is 0 Å². The van der Waals surface area contributed by atoms with Crippen molar-refractivity contribution in [2.24, 2.45) is 0 Å². The molecule has 2 N–H and O–H groups in total. The van der Waals surface area contributed by atoms with Crippen LogP contribution >= 0.6 is 11.8 Å². The van der Waals surface area contributed by atoms with Crippen molar-refractivity contribution in [3.05, 3.63) is 28.3 Å². The van der Waals surface area contributed by atoms with Crippen molar-refractivity contribution in [1.29, 1.82) is 0 Å². The Morgan fingerprint density at radius 3 is 2.75 bits per heavy atom. The normalized spacial score (nSPS) is 19.4. The van der Waals surface area contributed by atoms with Crippen LogP contribution < -0.4 is 5.73 Å². The van der Waals surface area contributed by atoms with Gasteiger partial charge in [-0.05, 0) is 24.3 Å². The van der Waals surface area contributed by atoms with E-state index in [9.17, 15) is 18.5 Å². The van der Waals surface area contributed by atoms with Crippen LogP contribution in [0.4, 0.5) is 11.4 Å². The van der Waals surface area contributed by atoms with E-state index in [0.717, 1.165) is 18.2 Å². The number of thioether (sulfide) groups is 1. The second-order valence-electron chi connectivity index (χ2n) is 4.52. The third-order valence-corrected chi connectivity index (χ3v) is 6.36. The molecule has 1 aliphatic heterocycles. The molecule has 0 aliphatic carbocycles. The van der Waals surface area contributed by atoms with Crippen molar-refractivity contribution in [3.8, 4) is 0 Å². The Morgan fingerprint density at radius 2 is 2.20 bits per heavy atom. The highest BCUT2D eigenvalue weighted by Crippen LogP contribution is 2.31. The first-order valence-corrected chi connectivity index (χ1v) is 8.53. The average Bonchev–Trinajstić information content (AvgIpc) is 2.91. The summed E-state index contributed by atoms with van der Waals surface area (Å²) in [5, 5.41) is 11.0. The van der Waals surface area contributed by atoms with Gasteiger partial charge in [0.25, 0.3) is 5.69 Å². The quantitative estimate of drug-likeness (QED) is 0.509. The molecule has 0 radical (unpaired) electrons. The highest BCUT2D eigenvalue weighted by Gasteiger charge is 2.34. The highest BCUT2D eigenvalue weighted by atomic mass is 32.2. The smallest absolute Gasteiger partial charge is 0.291 e. The fourth-order valence-electron chi connectivity index (χ4n) is 2.06. The lowest BCUT2D eigenvalue weighted by molar-refractivity contribution is -0.387. The summed E-state index contributed by atoms with van der Waals surface area (Å²) < 4.78 is 26.3. The summed E-state index contributed by atoms with van der Waals surface area (Å²) in [6.07, 6.45) is 0.753. The van der Waals surface area contributed by atoms with Gasteiger partial charge in [0.2, 0.25) is 10.0 Å². The van der Waals surface area contributed by atoms with Crippen molar-refractivity contribution in [2.75, 3.05) is 24.3 Å². The molecular weight excluding hydrogens is 302 g/mol. The molecule has 20 heavy (non-hydrogen) atoms. The van der Waals surface area contributed by atoms with Gasteiger partial charge in [-0.2, -0.15) is 16.1 Å². The number of nitrogens with zero attached hydrogens (tertiary/aromatic N) is 2. The Balaban J connectivity index is 2.46.